The summed E-state index contributed by atoms with van der Waals surface area (Å²) in [7, 11) is 0. The van der Waals surface area contributed by atoms with Crippen molar-refractivity contribution in [3.63, 3.8) is 0 Å². The summed E-state index contributed by atoms with van der Waals surface area (Å²) in [6.07, 6.45) is 1.44. The highest BCUT2D eigenvalue weighted by Gasteiger charge is 2.32. The molecule has 0 fully saturated rings. The van der Waals surface area contributed by atoms with Gasteiger partial charge < -0.3 is 0 Å². The Hall–Kier alpha value is -2.96. The molecular formula is C14H5F2N3O2. The Labute approximate surface area is 115 Å². The molecule has 0 N–H and O–H groups in total. The zero-order valence-electron chi connectivity index (χ0n) is 10.3. The monoisotopic (exact) mass is 285 g/mol. The summed E-state index contributed by atoms with van der Waals surface area (Å²) in [4.78, 5) is 32.6. The predicted octanol–water partition coefficient (Wildman–Crippen LogP) is 1.60. The summed E-state index contributed by atoms with van der Waals surface area (Å²) in [6, 6.07) is 4.66. The van der Waals surface area contributed by atoms with Crippen LogP contribution in [0.5, 0.6) is 0 Å². The Balaban J connectivity index is 2.19. The molecule has 2 aromatic heterocycles. The summed E-state index contributed by atoms with van der Waals surface area (Å²) in [5, 5.41) is 0.201. The molecule has 21 heavy (non-hydrogen) atoms. The number of ketones is 1. The Bertz CT molecular complexity index is 1010. The van der Waals surface area contributed by atoms with E-state index in [0.29, 0.717) is 0 Å². The maximum Gasteiger partial charge on any atom is 0.267 e. The van der Waals surface area contributed by atoms with Gasteiger partial charge in [-0.15, -0.1) is 0 Å². The zero-order chi connectivity index (χ0) is 14.7. The maximum atomic E-state index is 13.4. The molecule has 0 radical (unpaired) electrons. The first-order valence-corrected chi connectivity index (χ1v) is 6.00. The number of benzene rings is 1. The van der Waals surface area contributed by atoms with Crippen molar-refractivity contribution < 1.29 is 13.6 Å². The molecule has 7 heteroatoms. The van der Waals surface area contributed by atoms with Crippen molar-refractivity contribution in [2.75, 3.05) is 0 Å². The fraction of sp³-hybridized carbons (Fsp3) is 0. The van der Waals surface area contributed by atoms with Gasteiger partial charge in [-0.1, -0.05) is 0 Å². The van der Waals surface area contributed by atoms with Crippen molar-refractivity contribution in [1.82, 2.24) is 14.5 Å². The van der Waals surface area contributed by atoms with E-state index >= 15 is 0 Å². The van der Waals surface area contributed by atoms with Crippen molar-refractivity contribution >= 4 is 16.8 Å². The van der Waals surface area contributed by atoms with Crippen LogP contribution in [0.3, 0.4) is 0 Å². The molecule has 0 bridgehead atoms. The minimum absolute atomic E-state index is 0.00264. The van der Waals surface area contributed by atoms with E-state index in [4.69, 9.17) is 0 Å². The molecule has 5 nitrogen and oxygen atoms in total. The maximum absolute atomic E-state index is 13.4. The zero-order valence-corrected chi connectivity index (χ0v) is 10.3. The van der Waals surface area contributed by atoms with Crippen LogP contribution in [0.25, 0.3) is 16.7 Å². The Morgan fingerprint density at radius 1 is 1.10 bits per heavy atom. The van der Waals surface area contributed by atoms with Gasteiger partial charge in [0.2, 0.25) is 5.78 Å². The SMILES string of the molecule is O=C1c2cc(F)c(F)cc2-n2c1nc1ncccc1c2=O. The molecule has 0 amide bonds. The highest BCUT2D eigenvalue weighted by Crippen LogP contribution is 2.27. The van der Waals surface area contributed by atoms with Crippen LogP contribution in [-0.2, 0) is 0 Å². The highest BCUT2D eigenvalue weighted by atomic mass is 19.2. The van der Waals surface area contributed by atoms with Crippen molar-refractivity contribution in [3.8, 4) is 5.69 Å². The molecule has 102 valence electrons. The number of halogens is 2. The number of rotatable bonds is 0. The molecule has 1 aliphatic rings. The Kier molecular flexibility index (Phi) is 2.13. The Morgan fingerprint density at radius 3 is 2.67 bits per heavy atom. The number of carbonyl (C=O) groups excluding carboxylic acids is 1. The summed E-state index contributed by atoms with van der Waals surface area (Å²) < 4.78 is 27.7. The first-order valence-electron chi connectivity index (χ1n) is 6.00. The van der Waals surface area contributed by atoms with Crippen molar-refractivity contribution in [3.05, 3.63) is 63.8 Å². The normalized spacial score (nSPS) is 12.6. The summed E-state index contributed by atoms with van der Waals surface area (Å²) in [6.45, 7) is 0. The molecular weight excluding hydrogens is 280 g/mol. The minimum atomic E-state index is -1.15. The van der Waals surface area contributed by atoms with E-state index in [9.17, 15) is 18.4 Å². The van der Waals surface area contributed by atoms with Crippen molar-refractivity contribution in [1.29, 1.82) is 0 Å². The van der Waals surface area contributed by atoms with E-state index in [1.54, 1.807) is 6.07 Å². The number of hydrogen-bond donors (Lipinski definition) is 0. The molecule has 0 saturated heterocycles. The first-order chi connectivity index (χ1) is 10.1. The number of aromatic nitrogens is 3. The smallest absolute Gasteiger partial charge is 0.267 e. The lowest BCUT2D eigenvalue weighted by Crippen LogP contribution is -2.21. The molecule has 0 atom stereocenters. The summed E-state index contributed by atoms with van der Waals surface area (Å²) in [5.41, 5.74) is -0.511. The van der Waals surface area contributed by atoms with Gasteiger partial charge in [0.25, 0.3) is 5.56 Å². The third kappa shape index (κ3) is 1.42. The molecule has 4 rings (SSSR count). The number of nitrogens with zero attached hydrogens (tertiary/aromatic N) is 3. The quantitative estimate of drug-likeness (QED) is 0.492. The van der Waals surface area contributed by atoms with Gasteiger partial charge in [0.15, 0.2) is 23.1 Å². The second kappa shape index (κ2) is 3.78. The molecule has 3 aromatic rings. The number of fused-ring (bicyclic) bond motifs is 4. The second-order valence-electron chi connectivity index (χ2n) is 4.56. The highest BCUT2D eigenvalue weighted by molar-refractivity contribution is 6.13. The molecule has 1 aliphatic heterocycles. The van der Waals surface area contributed by atoms with Gasteiger partial charge in [0.1, 0.15) is 0 Å². The van der Waals surface area contributed by atoms with Gasteiger partial charge in [-0.05, 0) is 18.2 Å². The van der Waals surface area contributed by atoms with Crippen LogP contribution in [0.15, 0.2) is 35.3 Å². The van der Waals surface area contributed by atoms with E-state index < -0.39 is 23.0 Å². The third-order valence-corrected chi connectivity index (χ3v) is 3.37. The molecule has 3 heterocycles. The number of carbonyl (C=O) groups is 1. The lowest BCUT2D eigenvalue weighted by Gasteiger charge is -2.04. The van der Waals surface area contributed by atoms with E-state index in [-0.39, 0.29) is 28.1 Å². The lowest BCUT2D eigenvalue weighted by atomic mass is 10.1. The Morgan fingerprint density at radius 2 is 1.86 bits per heavy atom. The van der Waals surface area contributed by atoms with Gasteiger partial charge >= 0.3 is 0 Å². The molecule has 0 unspecified atom stereocenters. The van der Waals surface area contributed by atoms with Crippen LogP contribution in [0.4, 0.5) is 8.78 Å². The molecule has 1 aromatic carbocycles. The van der Waals surface area contributed by atoms with Crippen molar-refractivity contribution in [2.24, 2.45) is 0 Å². The number of hydrogen-bond acceptors (Lipinski definition) is 4. The first kappa shape index (κ1) is 11.8. The average Bonchev–Trinajstić information content (AvgIpc) is 2.74. The largest absolute Gasteiger partial charge is 0.285 e. The van der Waals surface area contributed by atoms with Crippen LogP contribution in [-0.4, -0.2) is 20.3 Å². The van der Waals surface area contributed by atoms with Gasteiger partial charge in [0.05, 0.1) is 16.6 Å². The van der Waals surface area contributed by atoms with Crippen molar-refractivity contribution in [2.45, 2.75) is 0 Å². The molecule has 0 aliphatic carbocycles. The fourth-order valence-electron chi connectivity index (χ4n) is 2.42. The summed E-state index contributed by atoms with van der Waals surface area (Å²) in [5.74, 6) is -3.10. The average molecular weight is 285 g/mol. The standard InChI is InChI=1S/C14H5F2N3O2/c15-8-4-7-10(5-9(8)16)19-13(11(7)20)18-12-6(14(19)21)2-1-3-17-12/h1-5H. The van der Waals surface area contributed by atoms with Gasteiger partial charge in [-0.2, -0.15) is 0 Å². The molecule has 0 spiro atoms. The van der Waals surface area contributed by atoms with Gasteiger partial charge in [-0.3, -0.25) is 14.2 Å². The van der Waals surface area contributed by atoms with Gasteiger partial charge in [-0.25, -0.2) is 18.7 Å². The van der Waals surface area contributed by atoms with E-state index in [1.165, 1.54) is 12.3 Å². The van der Waals surface area contributed by atoms with E-state index in [2.05, 4.69) is 9.97 Å². The second-order valence-corrected chi connectivity index (χ2v) is 4.56. The topological polar surface area (TPSA) is 64.8 Å². The van der Waals surface area contributed by atoms with E-state index in [1.807, 2.05) is 0 Å². The van der Waals surface area contributed by atoms with Crippen LogP contribution >= 0.6 is 0 Å². The van der Waals surface area contributed by atoms with Crippen LogP contribution in [0.1, 0.15) is 16.2 Å². The minimum Gasteiger partial charge on any atom is -0.285 e. The predicted molar refractivity (Wildman–Crippen MR) is 68.5 cm³/mol. The third-order valence-electron chi connectivity index (χ3n) is 3.37. The summed E-state index contributed by atoms with van der Waals surface area (Å²) >= 11 is 0. The lowest BCUT2D eigenvalue weighted by molar-refractivity contribution is 0.103. The van der Waals surface area contributed by atoms with Crippen LogP contribution in [0.2, 0.25) is 0 Å². The number of pyridine rings is 1. The van der Waals surface area contributed by atoms with E-state index in [0.717, 1.165) is 16.7 Å². The fourth-order valence-corrected chi connectivity index (χ4v) is 2.42. The van der Waals surface area contributed by atoms with Crippen LogP contribution in [0, 0.1) is 11.6 Å². The van der Waals surface area contributed by atoms with Gasteiger partial charge in [0, 0.05) is 12.3 Å². The molecule has 0 saturated carbocycles. The van der Waals surface area contributed by atoms with Crippen LogP contribution < -0.4 is 5.56 Å².